The van der Waals surface area contributed by atoms with Gasteiger partial charge in [0.1, 0.15) is 18.4 Å². The van der Waals surface area contributed by atoms with E-state index in [9.17, 15) is 4.39 Å². The van der Waals surface area contributed by atoms with Crippen LogP contribution in [-0.2, 0) is 18.0 Å². The van der Waals surface area contributed by atoms with E-state index in [1.807, 2.05) is 34.9 Å². The number of hydrogen-bond acceptors (Lipinski definition) is 4. The zero-order chi connectivity index (χ0) is 20.5. The number of rotatable bonds is 6. The summed E-state index contributed by atoms with van der Waals surface area (Å²) < 4.78 is 21.7. The highest BCUT2D eigenvalue weighted by molar-refractivity contribution is 5.95. The van der Waals surface area contributed by atoms with Crippen molar-refractivity contribution in [2.75, 3.05) is 33.3 Å². The van der Waals surface area contributed by atoms with Crippen LogP contribution in [0.15, 0.2) is 42.6 Å². The Hall–Kier alpha value is -2.28. The van der Waals surface area contributed by atoms with Gasteiger partial charge in [-0.1, -0.05) is 30.7 Å². The first kappa shape index (κ1) is 19.7. The zero-order valence-electron chi connectivity index (χ0n) is 17.6. The minimum absolute atomic E-state index is 0.205. The molecular formula is C24H29FN4O. The molecular weight excluding hydrogens is 379 g/mol. The second-order valence-corrected chi connectivity index (χ2v) is 8.48. The van der Waals surface area contributed by atoms with E-state index in [0.717, 1.165) is 61.2 Å². The fourth-order valence-corrected chi connectivity index (χ4v) is 4.72. The Balaban J connectivity index is 1.39. The number of piperazine rings is 1. The van der Waals surface area contributed by atoms with Crippen molar-refractivity contribution >= 4 is 10.8 Å². The molecule has 0 N–H and O–H groups in total. The van der Waals surface area contributed by atoms with Gasteiger partial charge in [0.05, 0.1) is 5.69 Å². The number of nitrogens with zero attached hydrogens (tertiary/aromatic N) is 4. The minimum atomic E-state index is -0.205. The van der Waals surface area contributed by atoms with Gasteiger partial charge >= 0.3 is 0 Å². The molecule has 5 rings (SSSR count). The molecule has 2 aliphatic rings. The van der Waals surface area contributed by atoms with Crippen LogP contribution in [0, 0.1) is 5.82 Å². The van der Waals surface area contributed by atoms with Crippen molar-refractivity contribution in [2.24, 2.45) is 0 Å². The second-order valence-electron chi connectivity index (χ2n) is 8.48. The first-order valence-electron chi connectivity index (χ1n) is 10.9. The number of methoxy groups -OCH3 is 1. The van der Waals surface area contributed by atoms with Gasteiger partial charge < -0.3 is 9.30 Å². The van der Waals surface area contributed by atoms with Crippen LogP contribution in [0.1, 0.15) is 25.0 Å². The summed E-state index contributed by atoms with van der Waals surface area (Å²) in [6.07, 6.45) is 6.21. The minimum Gasteiger partial charge on any atom is -0.364 e. The Labute approximate surface area is 177 Å². The van der Waals surface area contributed by atoms with Gasteiger partial charge in [-0.2, -0.15) is 0 Å². The molecule has 2 fully saturated rings. The van der Waals surface area contributed by atoms with Gasteiger partial charge in [-0.05, 0) is 30.4 Å². The molecule has 0 unspecified atom stereocenters. The van der Waals surface area contributed by atoms with Crippen LogP contribution in [0.4, 0.5) is 4.39 Å². The van der Waals surface area contributed by atoms with Crippen molar-refractivity contribution < 1.29 is 9.13 Å². The molecule has 1 saturated heterocycles. The number of halogens is 1. The molecule has 3 aromatic rings. The fraction of sp³-hybridized carbons (Fsp3) is 0.458. The van der Waals surface area contributed by atoms with Crippen LogP contribution >= 0.6 is 0 Å². The maximum absolute atomic E-state index is 14.3. The monoisotopic (exact) mass is 408 g/mol. The van der Waals surface area contributed by atoms with Crippen molar-refractivity contribution in [1.82, 2.24) is 19.4 Å². The summed E-state index contributed by atoms with van der Waals surface area (Å²) >= 11 is 0. The van der Waals surface area contributed by atoms with E-state index in [1.54, 1.807) is 7.11 Å². The first-order chi connectivity index (χ1) is 14.7. The average Bonchev–Trinajstić information content (AvgIpc) is 3.11. The molecule has 0 bridgehead atoms. The Morgan fingerprint density at radius 2 is 1.80 bits per heavy atom. The van der Waals surface area contributed by atoms with Gasteiger partial charge in [0, 0.05) is 63.0 Å². The summed E-state index contributed by atoms with van der Waals surface area (Å²) in [4.78, 5) is 10.1. The molecule has 1 aliphatic carbocycles. The van der Waals surface area contributed by atoms with Gasteiger partial charge in [0.25, 0.3) is 0 Å². The Bertz CT molecular complexity index is 1020. The quantitative estimate of drug-likeness (QED) is 0.615. The van der Waals surface area contributed by atoms with Gasteiger partial charge in [-0.15, -0.1) is 0 Å². The molecule has 0 amide bonds. The third-order valence-electron chi connectivity index (χ3n) is 6.59. The normalized spacial score (nSPS) is 18.7. The Kier molecular flexibility index (Phi) is 5.54. The maximum atomic E-state index is 14.3. The third kappa shape index (κ3) is 3.75. The van der Waals surface area contributed by atoms with Crippen LogP contribution in [0.3, 0.4) is 0 Å². The van der Waals surface area contributed by atoms with E-state index in [0.29, 0.717) is 12.1 Å². The standard InChI is InChI=1S/C24H29FN4O/c1-30-17-29-16-18(15-27-11-13-28(14-12-27)19-5-4-6-19)26-24(29)22-9-10-23(25)21-8-3-2-7-20(21)22/h2-3,7-10,16,19H,4-6,11-15,17H2,1H3. The highest BCUT2D eigenvalue weighted by Gasteiger charge is 2.28. The van der Waals surface area contributed by atoms with Crippen LogP contribution in [0.5, 0.6) is 0 Å². The molecule has 0 radical (unpaired) electrons. The summed E-state index contributed by atoms with van der Waals surface area (Å²) in [6.45, 7) is 5.73. The van der Waals surface area contributed by atoms with E-state index in [-0.39, 0.29) is 5.82 Å². The van der Waals surface area contributed by atoms with E-state index in [2.05, 4.69) is 16.0 Å². The molecule has 0 spiro atoms. The third-order valence-corrected chi connectivity index (χ3v) is 6.59. The Morgan fingerprint density at radius 3 is 2.50 bits per heavy atom. The number of fused-ring (bicyclic) bond motifs is 1. The number of imidazole rings is 1. The second kappa shape index (κ2) is 8.46. The Morgan fingerprint density at radius 1 is 1.03 bits per heavy atom. The van der Waals surface area contributed by atoms with Crippen LogP contribution in [0.2, 0.25) is 0 Å². The van der Waals surface area contributed by atoms with Gasteiger partial charge in [0.2, 0.25) is 0 Å². The smallest absolute Gasteiger partial charge is 0.142 e. The average molecular weight is 409 g/mol. The topological polar surface area (TPSA) is 33.5 Å². The summed E-state index contributed by atoms with van der Waals surface area (Å²) in [6, 6.07) is 11.8. The predicted molar refractivity (Wildman–Crippen MR) is 117 cm³/mol. The van der Waals surface area contributed by atoms with Crippen molar-refractivity contribution in [3.63, 3.8) is 0 Å². The van der Waals surface area contributed by atoms with Crippen LogP contribution in [0.25, 0.3) is 22.2 Å². The summed E-state index contributed by atoms with van der Waals surface area (Å²) in [5.41, 5.74) is 1.97. The summed E-state index contributed by atoms with van der Waals surface area (Å²) in [5.74, 6) is 0.625. The maximum Gasteiger partial charge on any atom is 0.142 e. The largest absolute Gasteiger partial charge is 0.364 e. The molecule has 5 nitrogen and oxygen atoms in total. The lowest BCUT2D eigenvalue weighted by Crippen LogP contribution is -2.51. The highest BCUT2D eigenvalue weighted by atomic mass is 19.1. The van der Waals surface area contributed by atoms with Crippen molar-refractivity contribution in [2.45, 2.75) is 38.6 Å². The molecule has 2 heterocycles. The van der Waals surface area contributed by atoms with E-state index >= 15 is 0 Å². The van der Waals surface area contributed by atoms with E-state index < -0.39 is 0 Å². The molecule has 6 heteroatoms. The lowest BCUT2D eigenvalue weighted by Gasteiger charge is -2.42. The van der Waals surface area contributed by atoms with Crippen molar-refractivity contribution in [3.8, 4) is 11.4 Å². The molecule has 0 atom stereocenters. The molecule has 30 heavy (non-hydrogen) atoms. The molecule has 1 aliphatic heterocycles. The number of ether oxygens (including phenoxy) is 1. The number of hydrogen-bond donors (Lipinski definition) is 0. The molecule has 158 valence electrons. The van der Waals surface area contributed by atoms with E-state index in [1.165, 1.54) is 25.3 Å². The highest BCUT2D eigenvalue weighted by Crippen LogP contribution is 2.30. The lowest BCUT2D eigenvalue weighted by atomic mass is 9.91. The summed E-state index contributed by atoms with van der Waals surface area (Å²) in [5, 5.41) is 1.50. The zero-order valence-corrected chi connectivity index (χ0v) is 17.6. The first-order valence-corrected chi connectivity index (χ1v) is 10.9. The van der Waals surface area contributed by atoms with Crippen LogP contribution < -0.4 is 0 Å². The molecule has 1 aromatic heterocycles. The fourth-order valence-electron chi connectivity index (χ4n) is 4.72. The lowest BCUT2D eigenvalue weighted by molar-refractivity contribution is 0.0582. The molecule has 1 saturated carbocycles. The van der Waals surface area contributed by atoms with Gasteiger partial charge in [0.15, 0.2) is 0 Å². The number of benzene rings is 2. The van der Waals surface area contributed by atoms with Crippen molar-refractivity contribution in [1.29, 1.82) is 0 Å². The number of aromatic nitrogens is 2. The van der Waals surface area contributed by atoms with Gasteiger partial charge in [-0.3, -0.25) is 9.80 Å². The van der Waals surface area contributed by atoms with Crippen molar-refractivity contribution in [3.05, 3.63) is 54.1 Å². The van der Waals surface area contributed by atoms with Crippen LogP contribution in [-0.4, -0.2) is 58.7 Å². The van der Waals surface area contributed by atoms with Gasteiger partial charge in [-0.25, -0.2) is 9.37 Å². The summed E-state index contributed by atoms with van der Waals surface area (Å²) in [7, 11) is 1.69. The molecule has 2 aromatic carbocycles. The SMILES string of the molecule is COCn1cc(CN2CCN(C3CCC3)CC2)nc1-c1ccc(F)c2ccccc12. The van der Waals surface area contributed by atoms with E-state index in [4.69, 9.17) is 9.72 Å². The predicted octanol–water partition coefficient (Wildman–Crippen LogP) is 4.12.